The first-order valence-electron chi connectivity index (χ1n) is 12.1. The van der Waals surface area contributed by atoms with E-state index in [1.807, 2.05) is 0 Å². The lowest BCUT2D eigenvalue weighted by atomic mass is 9.91. The number of hydrogen-bond donors (Lipinski definition) is 1. The molecule has 2 aliphatic rings. The lowest BCUT2D eigenvalue weighted by molar-refractivity contribution is -0.137. The Labute approximate surface area is 210 Å². The van der Waals surface area contributed by atoms with Gasteiger partial charge in [-0.15, -0.1) is 0 Å². The zero-order valence-electron chi connectivity index (χ0n) is 20.4. The van der Waals surface area contributed by atoms with Gasteiger partial charge in [-0.25, -0.2) is 24.3 Å². The predicted octanol–water partition coefficient (Wildman–Crippen LogP) is 5.20. The second-order valence-electron chi connectivity index (χ2n) is 9.45. The van der Waals surface area contributed by atoms with Crippen LogP contribution in [0.15, 0.2) is 35.0 Å². The second-order valence-corrected chi connectivity index (χ2v) is 9.45. The molecule has 1 aliphatic heterocycles. The molecule has 0 bridgehead atoms. The molecular weight excluding hydrogens is 488 g/mol. The number of aromatic nitrogens is 4. The standard InChI is InChI=1S/C26H26F4N6O/c1-13-14(2)34-25-23(33-13)22(19-6-3-17(10-20(19)27)26(28,29)30)35-24(36-25)15-7-8-37-21(9-15)16(11-31)12-32-18-4-5-18/h3,6,10-12,15,18,21H,4-5,7-9,31H2,1-2H3/b16-11+,32-12?/t15-,21+/m1/s1. The van der Waals surface area contributed by atoms with Gasteiger partial charge in [0.05, 0.1) is 29.1 Å². The van der Waals surface area contributed by atoms with Gasteiger partial charge in [0.25, 0.3) is 0 Å². The Morgan fingerprint density at radius 1 is 1.08 bits per heavy atom. The maximum atomic E-state index is 15.1. The number of rotatable bonds is 5. The lowest BCUT2D eigenvalue weighted by Crippen LogP contribution is -2.28. The number of aliphatic imine (C=N–C) groups is 1. The highest BCUT2D eigenvalue weighted by molar-refractivity contribution is 5.87. The van der Waals surface area contributed by atoms with Gasteiger partial charge in [0.15, 0.2) is 5.65 Å². The molecule has 37 heavy (non-hydrogen) atoms. The molecule has 0 amide bonds. The van der Waals surface area contributed by atoms with Crippen LogP contribution in [0.25, 0.3) is 22.4 Å². The molecule has 0 unspecified atom stereocenters. The molecule has 5 rings (SSSR count). The van der Waals surface area contributed by atoms with Crippen molar-refractivity contribution in [2.24, 2.45) is 10.7 Å². The van der Waals surface area contributed by atoms with Crippen molar-refractivity contribution in [1.82, 2.24) is 19.9 Å². The molecule has 3 aromatic rings. The highest BCUT2D eigenvalue weighted by Gasteiger charge is 2.33. The third-order valence-electron chi connectivity index (χ3n) is 6.71. The lowest BCUT2D eigenvalue weighted by Gasteiger charge is -2.29. The summed E-state index contributed by atoms with van der Waals surface area (Å²) in [6.45, 7) is 3.95. The van der Waals surface area contributed by atoms with Crippen molar-refractivity contribution in [2.45, 2.75) is 63.8 Å². The number of fused-ring (bicyclic) bond motifs is 1. The van der Waals surface area contributed by atoms with E-state index in [1.54, 1.807) is 20.1 Å². The Hall–Kier alpha value is -3.47. The first-order valence-corrected chi connectivity index (χ1v) is 12.1. The Kier molecular flexibility index (Phi) is 6.65. The topological polar surface area (TPSA) is 99.2 Å². The zero-order valence-corrected chi connectivity index (χ0v) is 20.4. The number of alkyl halides is 3. The monoisotopic (exact) mass is 514 g/mol. The van der Waals surface area contributed by atoms with Crippen molar-refractivity contribution in [3.8, 4) is 11.3 Å². The minimum absolute atomic E-state index is 0.0954. The van der Waals surface area contributed by atoms with Crippen molar-refractivity contribution in [3.05, 3.63) is 58.6 Å². The molecule has 2 fully saturated rings. The van der Waals surface area contributed by atoms with E-state index in [0.29, 0.717) is 48.8 Å². The largest absolute Gasteiger partial charge is 0.416 e. The van der Waals surface area contributed by atoms with Gasteiger partial charge in [0.1, 0.15) is 22.9 Å². The number of benzene rings is 1. The molecule has 0 spiro atoms. The summed E-state index contributed by atoms with van der Waals surface area (Å²) in [6.07, 6.45) is 1.51. The maximum Gasteiger partial charge on any atom is 0.416 e. The summed E-state index contributed by atoms with van der Waals surface area (Å²) in [7, 11) is 0. The quantitative estimate of drug-likeness (QED) is 0.371. The molecular formula is C26H26F4N6O. The summed E-state index contributed by atoms with van der Waals surface area (Å²) >= 11 is 0. The summed E-state index contributed by atoms with van der Waals surface area (Å²) in [5.74, 6) is -0.814. The smallest absolute Gasteiger partial charge is 0.404 e. The first kappa shape index (κ1) is 25.2. The first-order chi connectivity index (χ1) is 17.6. The fourth-order valence-corrected chi connectivity index (χ4v) is 4.30. The fourth-order valence-electron chi connectivity index (χ4n) is 4.30. The van der Waals surface area contributed by atoms with Gasteiger partial charge >= 0.3 is 6.18 Å². The zero-order chi connectivity index (χ0) is 26.3. The van der Waals surface area contributed by atoms with Gasteiger partial charge in [-0.05, 0) is 57.7 Å². The Bertz CT molecular complexity index is 1400. The van der Waals surface area contributed by atoms with E-state index >= 15 is 4.39 Å². The molecule has 1 aromatic carbocycles. The molecule has 2 aromatic heterocycles. The Morgan fingerprint density at radius 3 is 2.51 bits per heavy atom. The third kappa shape index (κ3) is 5.31. The summed E-state index contributed by atoms with van der Waals surface area (Å²) in [5, 5.41) is 0. The maximum absolute atomic E-state index is 15.1. The minimum Gasteiger partial charge on any atom is -0.404 e. The van der Waals surface area contributed by atoms with Crippen LogP contribution in [-0.2, 0) is 10.9 Å². The van der Waals surface area contributed by atoms with E-state index in [0.717, 1.165) is 30.5 Å². The molecule has 0 radical (unpaired) electrons. The van der Waals surface area contributed by atoms with E-state index in [4.69, 9.17) is 10.5 Å². The highest BCUT2D eigenvalue weighted by Crippen LogP contribution is 2.36. The van der Waals surface area contributed by atoms with Crippen LogP contribution in [0.2, 0.25) is 0 Å². The van der Waals surface area contributed by atoms with Crippen molar-refractivity contribution in [1.29, 1.82) is 0 Å². The van der Waals surface area contributed by atoms with Crippen LogP contribution >= 0.6 is 0 Å². The highest BCUT2D eigenvalue weighted by atomic mass is 19.4. The number of halogens is 4. The van der Waals surface area contributed by atoms with Gasteiger partial charge in [-0.1, -0.05) is 0 Å². The number of aryl methyl sites for hydroxylation is 2. The van der Waals surface area contributed by atoms with Gasteiger partial charge < -0.3 is 10.5 Å². The van der Waals surface area contributed by atoms with Crippen LogP contribution in [0.5, 0.6) is 0 Å². The van der Waals surface area contributed by atoms with Crippen molar-refractivity contribution < 1.29 is 22.3 Å². The van der Waals surface area contributed by atoms with E-state index in [9.17, 15) is 13.2 Å². The molecule has 11 heteroatoms. The number of nitrogens with two attached hydrogens (primary N) is 1. The summed E-state index contributed by atoms with van der Waals surface area (Å²) in [5.41, 5.74) is 7.28. The Balaban J connectivity index is 1.56. The van der Waals surface area contributed by atoms with Crippen molar-refractivity contribution in [2.75, 3.05) is 6.61 Å². The summed E-state index contributed by atoms with van der Waals surface area (Å²) in [4.78, 5) is 22.8. The van der Waals surface area contributed by atoms with Crippen LogP contribution in [0.4, 0.5) is 17.6 Å². The SMILES string of the molecule is Cc1nc2nc([C@@H]3CCO[C@H](/C(C=NC4CC4)=C/N)C3)nc(-c3ccc(C(F)(F)F)cc3F)c2nc1C. The van der Waals surface area contributed by atoms with Crippen molar-refractivity contribution in [3.63, 3.8) is 0 Å². The second kappa shape index (κ2) is 9.77. The van der Waals surface area contributed by atoms with E-state index < -0.39 is 17.6 Å². The van der Waals surface area contributed by atoms with Crippen LogP contribution in [-0.4, -0.2) is 44.9 Å². The number of hydrogen-bond acceptors (Lipinski definition) is 7. The molecule has 2 atom stereocenters. The third-order valence-corrected chi connectivity index (χ3v) is 6.71. The average Bonchev–Trinajstić information content (AvgIpc) is 3.69. The van der Waals surface area contributed by atoms with E-state index in [2.05, 4.69) is 24.9 Å². The summed E-state index contributed by atoms with van der Waals surface area (Å²) in [6, 6.07) is 2.73. The fraction of sp³-hybridized carbons (Fsp3) is 0.423. The van der Waals surface area contributed by atoms with Crippen LogP contribution in [0, 0.1) is 19.7 Å². The van der Waals surface area contributed by atoms with Gasteiger partial charge in [0.2, 0.25) is 0 Å². The van der Waals surface area contributed by atoms with Gasteiger partial charge in [-0.2, -0.15) is 13.2 Å². The summed E-state index contributed by atoms with van der Waals surface area (Å²) < 4.78 is 60.4. The Morgan fingerprint density at radius 2 is 1.84 bits per heavy atom. The normalized spacial score (nSPS) is 21.2. The van der Waals surface area contributed by atoms with E-state index in [1.165, 1.54) is 6.20 Å². The van der Waals surface area contributed by atoms with E-state index in [-0.39, 0.29) is 34.4 Å². The molecule has 3 heterocycles. The molecule has 194 valence electrons. The predicted molar refractivity (Wildman–Crippen MR) is 130 cm³/mol. The number of nitrogens with zero attached hydrogens (tertiary/aromatic N) is 5. The minimum atomic E-state index is -4.67. The van der Waals surface area contributed by atoms with Gasteiger partial charge in [-0.3, -0.25) is 4.99 Å². The van der Waals surface area contributed by atoms with Gasteiger partial charge in [0, 0.05) is 36.1 Å². The molecule has 1 saturated carbocycles. The average molecular weight is 515 g/mol. The number of ether oxygens (including phenoxy) is 1. The van der Waals surface area contributed by atoms with Crippen LogP contribution < -0.4 is 5.73 Å². The molecule has 2 N–H and O–H groups in total. The van der Waals surface area contributed by atoms with Crippen molar-refractivity contribution >= 4 is 17.4 Å². The van der Waals surface area contributed by atoms with Crippen LogP contribution in [0.1, 0.15) is 54.4 Å². The molecule has 1 saturated heterocycles. The van der Waals surface area contributed by atoms with Crippen LogP contribution in [0.3, 0.4) is 0 Å². The molecule has 1 aliphatic carbocycles. The molecule has 7 nitrogen and oxygen atoms in total.